The molecule has 0 heterocycles. The van der Waals surface area contributed by atoms with E-state index >= 15 is 0 Å². The zero-order chi connectivity index (χ0) is 33.7. The van der Waals surface area contributed by atoms with Gasteiger partial charge in [-0.25, -0.2) is 14.4 Å². The molecular weight excluding hydrogens is 620 g/mol. The van der Waals surface area contributed by atoms with Crippen LogP contribution in [0.5, 0.6) is 11.5 Å². The number of thioether (sulfide) groups is 1. The summed E-state index contributed by atoms with van der Waals surface area (Å²) in [4.78, 5) is 47.3. The maximum Gasteiger partial charge on any atom is 0.513 e. The Hall–Kier alpha value is -5.71. The van der Waals surface area contributed by atoms with Crippen LogP contribution in [0.4, 0.5) is 4.79 Å². The van der Waals surface area contributed by atoms with Crippen LogP contribution < -0.4 is 9.47 Å². The fraction of sp³-hybridized carbons (Fsp3) is 0.189. The molecule has 3 aromatic carbocycles. The van der Waals surface area contributed by atoms with Gasteiger partial charge in [-0.15, -0.1) is 0 Å². The molecule has 0 fully saturated rings. The largest absolute Gasteiger partial charge is 0.513 e. The zero-order valence-electron chi connectivity index (χ0n) is 25.5. The second-order valence-electron chi connectivity index (χ2n) is 9.32. The van der Waals surface area contributed by atoms with Crippen LogP contribution in [-0.2, 0) is 23.8 Å². The van der Waals surface area contributed by atoms with Crippen molar-refractivity contribution in [2.24, 2.45) is 0 Å². The van der Waals surface area contributed by atoms with Crippen LogP contribution >= 0.6 is 11.8 Å². The molecule has 0 saturated carbocycles. The number of benzene rings is 3. The van der Waals surface area contributed by atoms with E-state index < -0.39 is 18.1 Å². The number of hydrogen-bond donors (Lipinski definition) is 0. The van der Waals surface area contributed by atoms with Gasteiger partial charge < -0.3 is 23.7 Å². The van der Waals surface area contributed by atoms with Gasteiger partial charge in [0.1, 0.15) is 11.5 Å². The number of unbranched alkanes of at least 4 members (excludes halogenated alkanes) is 1. The Labute approximate surface area is 277 Å². The van der Waals surface area contributed by atoms with Crippen LogP contribution in [0.15, 0.2) is 103 Å². The van der Waals surface area contributed by atoms with Crippen molar-refractivity contribution in [3.05, 3.63) is 115 Å². The van der Waals surface area contributed by atoms with Crippen molar-refractivity contribution >= 4 is 35.0 Å². The van der Waals surface area contributed by atoms with Crippen LogP contribution in [0, 0.1) is 23.7 Å². The van der Waals surface area contributed by atoms with Gasteiger partial charge in [0.05, 0.1) is 26.4 Å². The Balaban J connectivity index is 1.38. The van der Waals surface area contributed by atoms with Crippen LogP contribution in [0.3, 0.4) is 0 Å². The molecule has 0 aliphatic rings. The third kappa shape index (κ3) is 14.3. The standard InChI is InChI=1S/C37H32O9S/c1-3-34(38)43-24-7-8-25-45-37(41)46-32-18-14-29(15-19-32)11-6-5-10-28-12-16-30(17-13-28)36(40)47-33-22-20-31(21-23-33)42-26-9-27-44-35(39)4-2/h3-4,12-23H,1-2,7-9,24-27H2. The van der Waals surface area contributed by atoms with Crippen molar-refractivity contribution in [1.29, 1.82) is 0 Å². The summed E-state index contributed by atoms with van der Waals surface area (Å²) in [5, 5.41) is -0.105. The van der Waals surface area contributed by atoms with Crippen molar-refractivity contribution < 1.29 is 42.9 Å². The average Bonchev–Trinajstić information content (AvgIpc) is 3.09. The lowest BCUT2D eigenvalue weighted by Crippen LogP contribution is -2.12. The number of carbonyl (C=O) groups excluding carboxylic acids is 4. The zero-order valence-corrected chi connectivity index (χ0v) is 26.3. The first kappa shape index (κ1) is 35.8. The highest BCUT2D eigenvalue weighted by atomic mass is 32.2. The van der Waals surface area contributed by atoms with Gasteiger partial charge in [-0.1, -0.05) is 25.0 Å². The Morgan fingerprint density at radius 2 is 1.13 bits per heavy atom. The fourth-order valence-corrected chi connectivity index (χ4v) is 4.21. The normalized spacial score (nSPS) is 9.70. The highest BCUT2D eigenvalue weighted by molar-refractivity contribution is 8.14. The predicted molar refractivity (Wildman–Crippen MR) is 177 cm³/mol. The second-order valence-corrected chi connectivity index (χ2v) is 10.4. The molecule has 0 N–H and O–H groups in total. The Morgan fingerprint density at radius 1 is 0.617 bits per heavy atom. The van der Waals surface area contributed by atoms with E-state index in [1.807, 2.05) is 0 Å². The summed E-state index contributed by atoms with van der Waals surface area (Å²) in [6.45, 7) is 7.65. The Kier molecular flexibility index (Phi) is 15.5. The lowest BCUT2D eigenvalue weighted by molar-refractivity contribution is -0.138. The van der Waals surface area contributed by atoms with Gasteiger partial charge in [-0.05, 0) is 109 Å². The van der Waals surface area contributed by atoms with Gasteiger partial charge >= 0.3 is 18.1 Å². The molecule has 0 aliphatic heterocycles. The van der Waals surface area contributed by atoms with E-state index in [0.717, 1.165) is 28.8 Å². The van der Waals surface area contributed by atoms with E-state index in [0.29, 0.717) is 54.1 Å². The molecule has 47 heavy (non-hydrogen) atoms. The first-order valence-corrected chi connectivity index (χ1v) is 15.3. The minimum Gasteiger partial charge on any atom is -0.493 e. The van der Waals surface area contributed by atoms with E-state index in [9.17, 15) is 19.2 Å². The number of ether oxygens (including phenoxy) is 5. The summed E-state index contributed by atoms with van der Waals surface area (Å²) >= 11 is 1.11. The lowest BCUT2D eigenvalue weighted by atomic mass is 10.1. The average molecular weight is 653 g/mol. The van der Waals surface area contributed by atoms with Gasteiger partial charge in [-0.3, -0.25) is 4.79 Å². The molecule has 3 rings (SSSR count). The van der Waals surface area contributed by atoms with Crippen LogP contribution in [0.25, 0.3) is 0 Å². The molecule has 0 aromatic heterocycles. The third-order valence-corrected chi connectivity index (χ3v) is 6.75. The van der Waals surface area contributed by atoms with E-state index in [-0.39, 0.29) is 24.9 Å². The van der Waals surface area contributed by atoms with Gasteiger partial charge in [0.15, 0.2) is 0 Å². The molecule has 0 spiro atoms. The molecule has 240 valence electrons. The summed E-state index contributed by atoms with van der Waals surface area (Å²) in [6.07, 6.45) is 2.99. The molecule has 0 bridgehead atoms. The molecule has 0 radical (unpaired) electrons. The maximum atomic E-state index is 12.7. The molecule has 3 aromatic rings. The molecule has 10 heteroatoms. The molecule has 0 aliphatic carbocycles. The van der Waals surface area contributed by atoms with Gasteiger partial charge in [0.25, 0.3) is 0 Å². The maximum absolute atomic E-state index is 12.7. The van der Waals surface area contributed by atoms with Gasteiger partial charge in [0, 0.05) is 40.2 Å². The van der Waals surface area contributed by atoms with Crippen molar-refractivity contribution in [3.63, 3.8) is 0 Å². The van der Waals surface area contributed by atoms with Gasteiger partial charge in [0.2, 0.25) is 5.12 Å². The SMILES string of the molecule is C=CC(=O)OCCCCOC(=O)Oc1ccc(C#CC#Cc2ccc(C(=O)Sc3ccc(OCCCOC(=O)C=C)cc3)cc2)cc1. The highest BCUT2D eigenvalue weighted by Gasteiger charge is 2.09. The van der Waals surface area contributed by atoms with Crippen LogP contribution in [0.1, 0.15) is 40.7 Å². The van der Waals surface area contributed by atoms with Crippen LogP contribution in [0.2, 0.25) is 0 Å². The topological polar surface area (TPSA) is 114 Å². The van der Waals surface area contributed by atoms with Crippen LogP contribution in [-0.4, -0.2) is 49.6 Å². The van der Waals surface area contributed by atoms with Crippen molar-refractivity contribution in [2.45, 2.75) is 24.2 Å². The molecular formula is C37H32O9S. The molecule has 0 saturated heterocycles. The van der Waals surface area contributed by atoms with Gasteiger partial charge in [-0.2, -0.15) is 0 Å². The summed E-state index contributed by atoms with van der Waals surface area (Å²) < 4.78 is 25.5. The third-order valence-electron chi connectivity index (χ3n) is 5.82. The number of hydrogen-bond acceptors (Lipinski definition) is 10. The molecule has 0 atom stereocenters. The summed E-state index contributed by atoms with van der Waals surface area (Å²) in [5.41, 5.74) is 1.93. The number of rotatable bonds is 15. The lowest BCUT2D eigenvalue weighted by Gasteiger charge is -2.07. The minimum absolute atomic E-state index is 0.105. The molecule has 0 amide bonds. The number of esters is 2. The number of carbonyl (C=O) groups is 4. The highest BCUT2D eigenvalue weighted by Crippen LogP contribution is 2.25. The predicted octanol–water partition coefficient (Wildman–Crippen LogP) is 6.55. The van der Waals surface area contributed by atoms with E-state index in [4.69, 9.17) is 23.7 Å². The second kappa shape index (κ2) is 20.3. The Bertz CT molecular complexity index is 1650. The van der Waals surface area contributed by atoms with Crippen molar-refractivity contribution in [2.75, 3.05) is 26.4 Å². The fourth-order valence-electron chi connectivity index (χ4n) is 3.47. The van der Waals surface area contributed by atoms with Crippen molar-refractivity contribution in [3.8, 4) is 35.2 Å². The van der Waals surface area contributed by atoms with E-state index in [1.54, 1.807) is 72.8 Å². The smallest absolute Gasteiger partial charge is 0.493 e. The summed E-state index contributed by atoms with van der Waals surface area (Å²) in [6, 6.07) is 20.7. The molecule has 0 unspecified atom stereocenters. The first-order valence-electron chi connectivity index (χ1n) is 14.5. The van der Waals surface area contributed by atoms with Crippen molar-refractivity contribution in [1.82, 2.24) is 0 Å². The Morgan fingerprint density at radius 3 is 1.70 bits per heavy atom. The first-order chi connectivity index (χ1) is 22.9. The summed E-state index contributed by atoms with van der Waals surface area (Å²) in [5.74, 6) is 11.4. The summed E-state index contributed by atoms with van der Waals surface area (Å²) in [7, 11) is 0. The van der Waals surface area contributed by atoms with E-state index in [2.05, 4.69) is 36.8 Å². The minimum atomic E-state index is -0.830. The van der Waals surface area contributed by atoms with E-state index in [1.165, 1.54) is 0 Å². The quantitative estimate of drug-likeness (QED) is 0.0341. The monoisotopic (exact) mass is 652 g/mol. The molecule has 9 nitrogen and oxygen atoms in total.